The monoisotopic (exact) mass is 341 g/mol. The Morgan fingerprint density at radius 1 is 1.12 bits per heavy atom. The zero-order valence-electron chi connectivity index (χ0n) is 12.9. The van der Waals surface area contributed by atoms with Crippen molar-refractivity contribution in [1.29, 1.82) is 0 Å². The van der Waals surface area contributed by atoms with Crippen LogP contribution in [0.5, 0.6) is 5.75 Å². The van der Waals surface area contributed by atoms with Crippen LogP contribution in [0, 0.1) is 0 Å². The first-order chi connectivity index (χ1) is 11.8. The molecule has 1 heterocycles. The Hall–Kier alpha value is -2.80. The summed E-state index contributed by atoms with van der Waals surface area (Å²) >= 11 is 1.58. The third kappa shape index (κ3) is 3.94. The SMILES string of the molecule is CSc1ccccc1-c1nnc(NC(=O)COc2ccccc2)o1. The van der Waals surface area contributed by atoms with Gasteiger partial charge < -0.3 is 9.15 Å². The molecule has 0 fully saturated rings. The van der Waals surface area contributed by atoms with E-state index in [4.69, 9.17) is 9.15 Å². The molecule has 3 rings (SSSR count). The van der Waals surface area contributed by atoms with Crippen molar-refractivity contribution in [2.75, 3.05) is 18.2 Å². The lowest BCUT2D eigenvalue weighted by atomic mass is 10.2. The van der Waals surface area contributed by atoms with Gasteiger partial charge in [0.2, 0.25) is 0 Å². The predicted molar refractivity (Wildman–Crippen MR) is 92.1 cm³/mol. The number of rotatable bonds is 6. The van der Waals surface area contributed by atoms with E-state index in [0.717, 1.165) is 10.5 Å². The molecule has 0 radical (unpaired) electrons. The van der Waals surface area contributed by atoms with Crippen LogP contribution in [0.2, 0.25) is 0 Å². The molecule has 6 nitrogen and oxygen atoms in total. The minimum absolute atomic E-state index is 0.0440. The van der Waals surface area contributed by atoms with Crippen molar-refractivity contribution in [1.82, 2.24) is 10.2 Å². The number of hydrogen-bond donors (Lipinski definition) is 1. The number of carbonyl (C=O) groups excluding carboxylic acids is 1. The summed E-state index contributed by atoms with van der Waals surface area (Å²) in [5.41, 5.74) is 0.832. The summed E-state index contributed by atoms with van der Waals surface area (Å²) in [7, 11) is 0. The number of thioether (sulfide) groups is 1. The van der Waals surface area contributed by atoms with Gasteiger partial charge >= 0.3 is 6.01 Å². The second-order valence-corrected chi connectivity index (χ2v) is 5.61. The molecular formula is C17H15N3O3S. The molecule has 0 aliphatic rings. The number of para-hydroxylation sites is 1. The van der Waals surface area contributed by atoms with Gasteiger partial charge in [0.15, 0.2) is 6.61 Å². The zero-order chi connectivity index (χ0) is 16.8. The number of anilines is 1. The van der Waals surface area contributed by atoms with E-state index in [2.05, 4.69) is 15.5 Å². The maximum atomic E-state index is 11.9. The Kier molecular flexibility index (Phi) is 5.12. The first kappa shape index (κ1) is 16.1. The van der Waals surface area contributed by atoms with Crippen LogP contribution in [0.25, 0.3) is 11.5 Å². The topological polar surface area (TPSA) is 77.2 Å². The molecule has 0 bridgehead atoms. The summed E-state index contributed by atoms with van der Waals surface area (Å²) in [6.07, 6.45) is 1.97. The highest BCUT2D eigenvalue weighted by atomic mass is 32.2. The largest absolute Gasteiger partial charge is 0.484 e. The molecule has 1 N–H and O–H groups in total. The Morgan fingerprint density at radius 2 is 1.88 bits per heavy atom. The number of nitrogens with zero attached hydrogens (tertiary/aromatic N) is 2. The molecule has 0 saturated heterocycles. The highest BCUT2D eigenvalue weighted by molar-refractivity contribution is 7.98. The second-order valence-electron chi connectivity index (χ2n) is 4.76. The van der Waals surface area contributed by atoms with Gasteiger partial charge in [-0.15, -0.1) is 16.9 Å². The van der Waals surface area contributed by atoms with Crippen LogP contribution in [0.4, 0.5) is 6.01 Å². The van der Waals surface area contributed by atoms with E-state index in [0.29, 0.717) is 11.6 Å². The van der Waals surface area contributed by atoms with E-state index in [9.17, 15) is 4.79 Å². The van der Waals surface area contributed by atoms with Crippen LogP contribution in [-0.4, -0.2) is 29.0 Å². The summed E-state index contributed by atoms with van der Waals surface area (Å²) in [4.78, 5) is 12.9. The van der Waals surface area contributed by atoms with Crippen molar-refractivity contribution >= 4 is 23.7 Å². The molecule has 3 aromatic rings. The Labute approximate surface area is 143 Å². The zero-order valence-corrected chi connectivity index (χ0v) is 13.7. The van der Waals surface area contributed by atoms with Gasteiger partial charge in [0.1, 0.15) is 5.75 Å². The van der Waals surface area contributed by atoms with E-state index < -0.39 is 0 Å². The highest BCUT2D eigenvalue weighted by Crippen LogP contribution is 2.29. The fraction of sp³-hybridized carbons (Fsp3) is 0.118. The summed E-state index contributed by atoms with van der Waals surface area (Å²) in [5.74, 6) is 0.610. The van der Waals surface area contributed by atoms with E-state index in [1.807, 2.05) is 48.7 Å². The highest BCUT2D eigenvalue weighted by Gasteiger charge is 2.14. The van der Waals surface area contributed by atoms with E-state index >= 15 is 0 Å². The number of hydrogen-bond acceptors (Lipinski definition) is 6. The van der Waals surface area contributed by atoms with Crippen LogP contribution >= 0.6 is 11.8 Å². The lowest BCUT2D eigenvalue weighted by molar-refractivity contribution is -0.118. The average molecular weight is 341 g/mol. The van der Waals surface area contributed by atoms with Gasteiger partial charge in [-0.25, -0.2) is 0 Å². The number of carbonyl (C=O) groups is 1. The van der Waals surface area contributed by atoms with Crippen LogP contribution in [0.15, 0.2) is 63.9 Å². The van der Waals surface area contributed by atoms with E-state index in [-0.39, 0.29) is 18.5 Å². The minimum atomic E-state index is -0.368. The molecule has 1 amide bonds. The normalized spacial score (nSPS) is 10.4. The molecule has 0 aliphatic heterocycles. The summed E-state index contributed by atoms with van der Waals surface area (Å²) in [6, 6.07) is 16.8. The van der Waals surface area contributed by atoms with Crippen molar-refractivity contribution in [2.24, 2.45) is 0 Å². The predicted octanol–water partition coefficient (Wildman–Crippen LogP) is 3.48. The maximum absolute atomic E-state index is 11.9. The van der Waals surface area contributed by atoms with Crippen LogP contribution in [0.1, 0.15) is 0 Å². The third-order valence-corrected chi connectivity index (χ3v) is 3.92. The molecule has 1 aromatic heterocycles. The smallest absolute Gasteiger partial charge is 0.322 e. The van der Waals surface area contributed by atoms with Crippen molar-refractivity contribution in [2.45, 2.75) is 4.90 Å². The van der Waals surface area contributed by atoms with Gasteiger partial charge in [-0.2, -0.15) is 0 Å². The number of nitrogens with one attached hydrogen (secondary N) is 1. The molecule has 2 aromatic carbocycles. The molecule has 7 heteroatoms. The third-order valence-electron chi connectivity index (χ3n) is 3.12. The Balaban J connectivity index is 1.62. The van der Waals surface area contributed by atoms with Crippen LogP contribution in [0.3, 0.4) is 0 Å². The minimum Gasteiger partial charge on any atom is -0.484 e. The average Bonchev–Trinajstić information content (AvgIpc) is 3.09. The van der Waals surface area contributed by atoms with E-state index in [1.165, 1.54) is 0 Å². The van der Waals surface area contributed by atoms with Gasteiger partial charge in [0.05, 0.1) is 5.56 Å². The number of benzene rings is 2. The van der Waals surface area contributed by atoms with Gasteiger partial charge in [-0.3, -0.25) is 10.1 Å². The summed E-state index contributed by atoms with van der Waals surface area (Å²) in [5, 5.41) is 10.4. The summed E-state index contributed by atoms with van der Waals surface area (Å²) < 4.78 is 10.9. The number of aromatic nitrogens is 2. The summed E-state index contributed by atoms with van der Waals surface area (Å²) in [6.45, 7) is -0.136. The van der Waals surface area contributed by atoms with Gasteiger partial charge in [-0.1, -0.05) is 35.4 Å². The van der Waals surface area contributed by atoms with Crippen molar-refractivity contribution in [3.63, 3.8) is 0 Å². The first-order valence-corrected chi connectivity index (χ1v) is 8.43. The number of amides is 1. The lowest BCUT2D eigenvalue weighted by Gasteiger charge is -2.04. The fourth-order valence-corrected chi connectivity index (χ4v) is 2.61. The van der Waals surface area contributed by atoms with E-state index in [1.54, 1.807) is 23.9 Å². The van der Waals surface area contributed by atoms with Crippen molar-refractivity contribution in [3.8, 4) is 17.2 Å². The molecule has 0 aliphatic carbocycles. The molecule has 0 atom stereocenters. The molecule has 122 valence electrons. The number of ether oxygens (including phenoxy) is 1. The molecule has 0 spiro atoms. The molecule has 0 unspecified atom stereocenters. The van der Waals surface area contributed by atoms with Crippen molar-refractivity contribution < 1.29 is 13.9 Å². The van der Waals surface area contributed by atoms with Gasteiger partial charge in [0.25, 0.3) is 11.8 Å². The van der Waals surface area contributed by atoms with Crippen molar-refractivity contribution in [3.05, 3.63) is 54.6 Å². The fourth-order valence-electron chi connectivity index (χ4n) is 2.02. The van der Waals surface area contributed by atoms with Crippen LogP contribution < -0.4 is 10.1 Å². The standard InChI is InChI=1S/C17H15N3O3S/c1-24-14-10-6-5-9-13(14)16-19-20-17(23-16)18-15(21)11-22-12-7-3-2-4-8-12/h2-10H,11H2,1H3,(H,18,20,21). The second kappa shape index (κ2) is 7.65. The van der Waals surface area contributed by atoms with Crippen LogP contribution in [-0.2, 0) is 4.79 Å². The Morgan fingerprint density at radius 3 is 2.67 bits per heavy atom. The van der Waals surface area contributed by atoms with Gasteiger partial charge in [0, 0.05) is 4.90 Å². The molecule has 24 heavy (non-hydrogen) atoms. The quantitative estimate of drug-likeness (QED) is 0.692. The van der Waals surface area contributed by atoms with Gasteiger partial charge in [-0.05, 0) is 30.5 Å². The molecule has 0 saturated carbocycles. The Bertz CT molecular complexity index is 821. The molecular weight excluding hydrogens is 326 g/mol. The maximum Gasteiger partial charge on any atom is 0.322 e. The first-order valence-electron chi connectivity index (χ1n) is 7.21. The lowest BCUT2D eigenvalue weighted by Crippen LogP contribution is -2.20.